The van der Waals surface area contributed by atoms with Gasteiger partial charge in [-0.05, 0) is 54.4 Å². The minimum Gasteiger partial charge on any atom is -0.303 e. The van der Waals surface area contributed by atoms with Crippen LogP contribution in [0.1, 0.15) is 31.2 Å². The Balaban J connectivity index is 1.75. The number of nitrogens with zero attached hydrogens (tertiary/aromatic N) is 1. The second kappa shape index (κ2) is 5.89. The lowest BCUT2D eigenvalue weighted by Gasteiger charge is -2.20. The number of benzene rings is 1. The summed E-state index contributed by atoms with van der Waals surface area (Å²) in [6, 6.07) is 13.4. The fourth-order valence-electron chi connectivity index (χ4n) is 2.90. The highest BCUT2D eigenvalue weighted by atomic mass is 32.1. The van der Waals surface area contributed by atoms with Crippen LogP contribution in [0.3, 0.4) is 0 Å². The van der Waals surface area contributed by atoms with Crippen LogP contribution >= 0.6 is 11.3 Å². The largest absolute Gasteiger partial charge is 0.303 e. The van der Waals surface area contributed by atoms with E-state index in [1.807, 2.05) is 11.3 Å². The second-order valence-electron chi connectivity index (χ2n) is 5.51. The van der Waals surface area contributed by atoms with Crippen molar-refractivity contribution in [2.24, 2.45) is 0 Å². The first-order chi connectivity index (χ1) is 9.33. The SMILES string of the molecule is CC(CN1CCCC1)c1cccc(-c2cccs2)c1. The first-order valence-corrected chi connectivity index (χ1v) is 8.07. The third-order valence-corrected chi connectivity index (χ3v) is 4.91. The number of rotatable bonds is 4. The maximum atomic E-state index is 2.60. The third-order valence-electron chi connectivity index (χ3n) is 3.99. The Hall–Kier alpha value is -1.12. The van der Waals surface area contributed by atoms with Gasteiger partial charge in [0, 0.05) is 11.4 Å². The zero-order valence-corrected chi connectivity index (χ0v) is 12.3. The molecule has 2 aromatic rings. The third kappa shape index (κ3) is 3.07. The summed E-state index contributed by atoms with van der Waals surface area (Å²) in [7, 11) is 0. The highest BCUT2D eigenvalue weighted by Gasteiger charge is 2.16. The zero-order valence-electron chi connectivity index (χ0n) is 11.5. The van der Waals surface area contributed by atoms with Gasteiger partial charge in [0.25, 0.3) is 0 Å². The molecule has 1 fully saturated rings. The highest BCUT2D eigenvalue weighted by molar-refractivity contribution is 7.13. The van der Waals surface area contributed by atoms with Gasteiger partial charge in [0.15, 0.2) is 0 Å². The van der Waals surface area contributed by atoms with Crippen LogP contribution in [-0.4, -0.2) is 24.5 Å². The van der Waals surface area contributed by atoms with E-state index in [2.05, 4.69) is 53.6 Å². The van der Waals surface area contributed by atoms with Gasteiger partial charge in [0.05, 0.1) is 0 Å². The standard InChI is InChI=1S/C17H21NS/c1-14(13-18-9-2-3-10-18)15-6-4-7-16(12-15)17-8-5-11-19-17/h4-8,11-12,14H,2-3,9-10,13H2,1H3. The molecule has 0 saturated carbocycles. The van der Waals surface area contributed by atoms with E-state index in [0.29, 0.717) is 5.92 Å². The first-order valence-electron chi connectivity index (χ1n) is 7.19. The van der Waals surface area contributed by atoms with Crippen molar-refractivity contribution < 1.29 is 0 Å². The number of hydrogen-bond acceptors (Lipinski definition) is 2. The Labute approximate surface area is 119 Å². The zero-order chi connectivity index (χ0) is 13.1. The van der Waals surface area contributed by atoms with Crippen LogP contribution in [0.5, 0.6) is 0 Å². The van der Waals surface area contributed by atoms with Crippen molar-refractivity contribution in [1.82, 2.24) is 4.90 Å². The van der Waals surface area contributed by atoms with Crippen molar-refractivity contribution >= 4 is 11.3 Å². The molecule has 100 valence electrons. The maximum absolute atomic E-state index is 2.60. The van der Waals surface area contributed by atoms with Crippen molar-refractivity contribution in [2.45, 2.75) is 25.7 Å². The average Bonchev–Trinajstić information content (AvgIpc) is 3.12. The van der Waals surface area contributed by atoms with Gasteiger partial charge in [-0.2, -0.15) is 0 Å². The molecule has 1 nitrogen and oxygen atoms in total. The smallest absolute Gasteiger partial charge is 0.0342 e. The Morgan fingerprint density at radius 3 is 2.74 bits per heavy atom. The van der Waals surface area contributed by atoms with Crippen LogP contribution < -0.4 is 0 Å². The molecule has 0 spiro atoms. The van der Waals surface area contributed by atoms with Crippen molar-refractivity contribution in [3.8, 4) is 10.4 Å². The predicted octanol–water partition coefficient (Wildman–Crippen LogP) is 4.61. The van der Waals surface area contributed by atoms with E-state index in [-0.39, 0.29) is 0 Å². The molecule has 1 aliphatic heterocycles. The molecule has 0 amide bonds. The Bertz CT molecular complexity index is 512. The minimum atomic E-state index is 0.623. The highest BCUT2D eigenvalue weighted by Crippen LogP contribution is 2.28. The molecule has 1 aromatic heterocycles. The summed E-state index contributed by atoms with van der Waals surface area (Å²) in [5, 5.41) is 2.15. The molecule has 2 heterocycles. The van der Waals surface area contributed by atoms with Crippen LogP contribution in [0.4, 0.5) is 0 Å². The molecule has 0 aliphatic carbocycles. The number of hydrogen-bond donors (Lipinski definition) is 0. The van der Waals surface area contributed by atoms with Crippen LogP contribution in [0, 0.1) is 0 Å². The van der Waals surface area contributed by atoms with Crippen molar-refractivity contribution in [1.29, 1.82) is 0 Å². The Kier molecular flexibility index (Phi) is 4.00. The Morgan fingerprint density at radius 1 is 1.16 bits per heavy atom. The summed E-state index contributed by atoms with van der Waals surface area (Å²) >= 11 is 1.82. The predicted molar refractivity (Wildman–Crippen MR) is 83.8 cm³/mol. The molecule has 1 unspecified atom stereocenters. The first kappa shape index (κ1) is 12.9. The molecule has 0 N–H and O–H groups in total. The molecule has 0 bridgehead atoms. The molecule has 1 saturated heterocycles. The summed E-state index contributed by atoms with van der Waals surface area (Å²) in [5.41, 5.74) is 2.83. The van der Waals surface area contributed by atoms with Crippen LogP contribution in [0.2, 0.25) is 0 Å². The lowest BCUT2D eigenvalue weighted by molar-refractivity contribution is 0.321. The topological polar surface area (TPSA) is 3.24 Å². The van der Waals surface area contributed by atoms with E-state index in [1.165, 1.54) is 48.5 Å². The molecule has 19 heavy (non-hydrogen) atoms. The lowest BCUT2D eigenvalue weighted by Crippen LogP contribution is -2.24. The Morgan fingerprint density at radius 2 is 2.00 bits per heavy atom. The summed E-state index contributed by atoms with van der Waals surface area (Å²) in [5.74, 6) is 0.623. The normalized spacial score (nSPS) is 17.7. The van der Waals surface area contributed by atoms with Gasteiger partial charge in [-0.1, -0.05) is 37.3 Å². The van der Waals surface area contributed by atoms with Crippen molar-refractivity contribution in [3.05, 3.63) is 47.3 Å². The van der Waals surface area contributed by atoms with E-state index in [1.54, 1.807) is 0 Å². The van der Waals surface area contributed by atoms with Gasteiger partial charge in [-0.25, -0.2) is 0 Å². The monoisotopic (exact) mass is 271 g/mol. The second-order valence-corrected chi connectivity index (χ2v) is 6.46. The van der Waals surface area contributed by atoms with Crippen LogP contribution in [-0.2, 0) is 0 Å². The van der Waals surface area contributed by atoms with E-state index in [0.717, 1.165) is 0 Å². The molecule has 3 rings (SSSR count). The van der Waals surface area contributed by atoms with Crippen LogP contribution in [0.25, 0.3) is 10.4 Å². The van der Waals surface area contributed by atoms with Gasteiger partial charge in [0.2, 0.25) is 0 Å². The number of thiophene rings is 1. The molecule has 2 heteroatoms. The molecule has 0 radical (unpaired) electrons. The van der Waals surface area contributed by atoms with Gasteiger partial charge in [-0.3, -0.25) is 0 Å². The summed E-state index contributed by atoms with van der Waals surface area (Å²) in [6.45, 7) is 6.13. The fourth-order valence-corrected chi connectivity index (χ4v) is 3.62. The van der Waals surface area contributed by atoms with Gasteiger partial charge < -0.3 is 4.90 Å². The molecule has 1 atom stereocenters. The molecule has 1 aliphatic rings. The van der Waals surface area contributed by atoms with E-state index >= 15 is 0 Å². The number of likely N-dealkylation sites (tertiary alicyclic amines) is 1. The maximum Gasteiger partial charge on any atom is 0.0342 e. The van der Waals surface area contributed by atoms with Crippen molar-refractivity contribution in [2.75, 3.05) is 19.6 Å². The van der Waals surface area contributed by atoms with Crippen molar-refractivity contribution in [3.63, 3.8) is 0 Å². The van der Waals surface area contributed by atoms with Crippen LogP contribution in [0.15, 0.2) is 41.8 Å². The quantitative estimate of drug-likeness (QED) is 0.784. The molecular weight excluding hydrogens is 250 g/mol. The van der Waals surface area contributed by atoms with E-state index in [9.17, 15) is 0 Å². The van der Waals surface area contributed by atoms with E-state index in [4.69, 9.17) is 0 Å². The average molecular weight is 271 g/mol. The van der Waals surface area contributed by atoms with Gasteiger partial charge in [0.1, 0.15) is 0 Å². The minimum absolute atomic E-state index is 0.623. The summed E-state index contributed by atoms with van der Waals surface area (Å²) < 4.78 is 0. The summed E-state index contributed by atoms with van der Waals surface area (Å²) in [4.78, 5) is 3.97. The molecule has 1 aromatic carbocycles. The molecular formula is C17H21NS. The lowest BCUT2D eigenvalue weighted by atomic mass is 9.98. The van der Waals surface area contributed by atoms with E-state index < -0.39 is 0 Å². The summed E-state index contributed by atoms with van der Waals surface area (Å²) in [6.07, 6.45) is 2.75. The van der Waals surface area contributed by atoms with Gasteiger partial charge in [-0.15, -0.1) is 11.3 Å². The van der Waals surface area contributed by atoms with Gasteiger partial charge >= 0.3 is 0 Å². The fraction of sp³-hybridized carbons (Fsp3) is 0.412.